The summed E-state index contributed by atoms with van der Waals surface area (Å²) in [5.41, 5.74) is -0.893. The summed E-state index contributed by atoms with van der Waals surface area (Å²) >= 11 is 0. The third-order valence-electron chi connectivity index (χ3n) is 6.03. The maximum Gasteiger partial charge on any atom is 0.331 e. The fourth-order valence-corrected chi connectivity index (χ4v) is 5.80. The number of nitrogens with zero attached hydrogens (tertiary/aromatic N) is 4. The zero-order valence-corrected chi connectivity index (χ0v) is 17.9. The van der Waals surface area contributed by atoms with Crippen molar-refractivity contribution in [3.8, 4) is 0 Å². The first-order valence-corrected chi connectivity index (χ1v) is 11.8. The van der Waals surface area contributed by atoms with E-state index in [2.05, 4.69) is 0 Å². The zero-order chi connectivity index (χ0) is 21.5. The monoisotopic (exact) mass is 434 g/mol. The van der Waals surface area contributed by atoms with Crippen molar-refractivity contribution in [3.63, 3.8) is 0 Å². The van der Waals surface area contributed by atoms with E-state index < -0.39 is 21.3 Å². The summed E-state index contributed by atoms with van der Waals surface area (Å²) in [6.07, 6.45) is 4.45. The Morgan fingerprint density at radius 1 is 0.967 bits per heavy atom. The van der Waals surface area contributed by atoms with Crippen LogP contribution in [0, 0.1) is 0 Å². The lowest BCUT2D eigenvalue weighted by Gasteiger charge is -2.26. The molecule has 2 aliphatic rings. The molecule has 0 bridgehead atoms. The lowest BCUT2D eigenvalue weighted by molar-refractivity contribution is -0.130. The second kappa shape index (κ2) is 7.99. The lowest BCUT2D eigenvalue weighted by Crippen LogP contribution is -2.44. The van der Waals surface area contributed by atoms with Crippen molar-refractivity contribution >= 4 is 26.8 Å². The molecule has 0 atom stereocenters. The number of benzene rings is 1. The molecule has 0 aliphatic carbocycles. The van der Waals surface area contributed by atoms with E-state index in [4.69, 9.17) is 0 Å². The number of carbonyl (C=O) groups is 1. The van der Waals surface area contributed by atoms with E-state index in [0.717, 1.165) is 36.7 Å². The Bertz CT molecular complexity index is 1200. The number of hydrogen-bond acceptors (Lipinski definition) is 5. The van der Waals surface area contributed by atoms with Crippen molar-refractivity contribution < 1.29 is 13.2 Å². The fourth-order valence-electron chi connectivity index (χ4n) is 4.25. The van der Waals surface area contributed by atoms with Crippen LogP contribution < -0.4 is 11.2 Å². The predicted octanol–water partition coefficient (Wildman–Crippen LogP) is 0.497. The van der Waals surface area contributed by atoms with Gasteiger partial charge in [0.05, 0.1) is 15.8 Å². The van der Waals surface area contributed by atoms with Gasteiger partial charge in [0.15, 0.2) is 0 Å². The minimum Gasteiger partial charge on any atom is -0.341 e. The van der Waals surface area contributed by atoms with Crippen LogP contribution >= 0.6 is 0 Å². The average Bonchev–Trinajstić information content (AvgIpc) is 3.30. The van der Waals surface area contributed by atoms with Gasteiger partial charge in [-0.05, 0) is 43.9 Å². The Morgan fingerprint density at radius 3 is 2.27 bits per heavy atom. The van der Waals surface area contributed by atoms with E-state index >= 15 is 0 Å². The first-order chi connectivity index (χ1) is 14.3. The second-order valence-electron chi connectivity index (χ2n) is 7.96. The molecule has 2 fully saturated rings. The molecule has 2 saturated heterocycles. The molecule has 30 heavy (non-hydrogen) atoms. The van der Waals surface area contributed by atoms with Gasteiger partial charge >= 0.3 is 5.69 Å². The number of piperidine rings is 1. The van der Waals surface area contributed by atoms with E-state index in [0.29, 0.717) is 31.7 Å². The van der Waals surface area contributed by atoms with Gasteiger partial charge in [0.2, 0.25) is 15.9 Å². The van der Waals surface area contributed by atoms with Crippen molar-refractivity contribution in [2.24, 2.45) is 7.05 Å². The zero-order valence-electron chi connectivity index (χ0n) is 17.0. The Labute approximate surface area is 174 Å². The van der Waals surface area contributed by atoms with Gasteiger partial charge < -0.3 is 4.90 Å². The molecule has 0 saturated carbocycles. The van der Waals surface area contributed by atoms with Crippen LogP contribution in [0.3, 0.4) is 0 Å². The predicted molar refractivity (Wildman–Crippen MR) is 112 cm³/mol. The van der Waals surface area contributed by atoms with E-state index in [1.807, 2.05) is 0 Å². The standard InChI is InChI=1S/C20H26N4O5S/c1-21-17-8-7-15(30(28,29)23-11-3-2-4-12-23)13-16(17)19(26)24(20(21)27)14-18(25)22-9-5-6-10-22/h7-8,13H,2-6,9-12,14H2,1H3. The Balaban J connectivity index is 1.78. The topological polar surface area (TPSA) is 102 Å². The second-order valence-corrected chi connectivity index (χ2v) is 9.90. The molecule has 0 unspecified atom stereocenters. The Kier molecular flexibility index (Phi) is 5.54. The number of aromatic nitrogens is 2. The highest BCUT2D eigenvalue weighted by Crippen LogP contribution is 2.22. The summed E-state index contributed by atoms with van der Waals surface area (Å²) in [4.78, 5) is 40.0. The molecule has 2 aliphatic heterocycles. The van der Waals surface area contributed by atoms with Gasteiger partial charge in [-0.3, -0.25) is 18.7 Å². The molecule has 1 amide bonds. The lowest BCUT2D eigenvalue weighted by atomic mass is 10.2. The number of hydrogen-bond donors (Lipinski definition) is 0. The van der Waals surface area contributed by atoms with Gasteiger partial charge in [0, 0.05) is 33.2 Å². The molecule has 10 heteroatoms. The van der Waals surface area contributed by atoms with Gasteiger partial charge in [0.25, 0.3) is 5.56 Å². The summed E-state index contributed by atoms with van der Waals surface area (Å²) in [5.74, 6) is -0.275. The smallest absolute Gasteiger partial charge is 0.331 e. The van der Waals surface area contributed by atoms with Crippen molar-refractivity contribution in [2.45, 2.75) is 43.5 Å². The first kappa shape index (κ1) is 20.8. The van der Waals surface area contributed by atoms with Crippen LogP contribution in [0.5, 0.6) is 0 Å². The van der Waals surface area contributed by atoms with E-state index in [9.17, 15) is 22.8 Å². The third kappa shape index (κ3) is 3.58. The summed E-state index contributed by atoms with van der Waals surface area (Å²) < 4.78 is 29.7. The normalized spacial score (nSPS) is 18.2. The number of carbonyl (C=O) groups excluding carboxylic acids is 1. The van der Waals surface area contributed by atoms with Gasteiger partial charge in [-0.25, -0.2) is 13.2 Å². The average molecular weight is 435 g/mol. The number of fused-ring (bicyclic) bond motifs is 1. The van der Waals surface area contributed by atoms with Gasteiger partial charge in [-0.15, -0.1) is 0 Å². The number of amides is 1. The van der Waals surface area contributed by atoms with Crippen LogP contribution in [0.2, 0.25) is 0 Å². The highest BCUT2D eigenvalue weighted by atomic mass is 32.2. The molecule has 1 aromatic heterocycles. The van der Waals surface area contributed by atoms with Crippen LogP contribution in [0.4, 0.5) is 0 Å². The molecule has 2 aromatic rings. The van der Waals surface area contributed by atoms with Crippen molar-refractivity contribution in [2.75, 3.05) is 26.2 Å². The quantitative estimate of drug-likeness (QED) is 0.697. The van der Waals surface area contributed by atoms with E-state index in [1.165, 1.54) is 34.1 Å². The highest BCUT2D eigenvalue weighted by molar-refractivity contribution is 7.89. The minimum absolute atomic E-state index is 0.0325. The van der Waals surface area contributed by atoms with Gasteiger partial charge in [-0.1, -0.05) is 6.42 Å². The third-order valence-corrected chi connectivity index (χ3v) is 7.92. The van der Waals surface area contributed by atoms with E-state index in [-0.39, 0.29) is 22.7 Å². The first-order valence-electron chi connectivity index (χ1n) is 10.3. The van der Waals surface area contributed by atoms with Crippen LogP contribution in [-0.4, -0.2) is 58.8 Å². The summed E-state index contributed by atoms with van der Waals surface area (Å²) in [5, 5.41) is 0.115. The molecule has 4 rings (SSSR count). The molecule has 162 valence electrons. The SMILES string of the molecule is Cn1c(=O)n(CC(=O)N2CCCC2)c(=O)c2cc(S(=O)(=O)N3CCCCC3)ccc21. The molecule has 0 N–H and O–H groups in total. The van der Waals surface area contributed by atoms with Crippen LogP contribution in [0.1, 0.15) is 32.1 Å². The van der Waals surface area contributed by atoms with Crippen molar-refractivity contribution in [1.82, 2.24) is 18.3 Å². The molecule has 0 spiro atoms. The maximum atomic E-state index is 13.1. The molecular formula is C20H26N4O5S. The largest absolute Gasteiger partial charge is 0.341 e. The van der Waals surface area contributed by atoms with Crippen LogP contribution in [0.25, 0.3) is 10.9 Å². The van der Waals surface area contributed by atoms with Crippen molar-refractivity contribution in [3.05, 3.63) is 39.0 Å². The number of aryl methyl sites for hydroxylation is 1. The maximum absolute atomic E-state index is 13.1. The molecule has 1 aromatic carbocycles. The van der Waals surface area contributed by atoms with E-state index in [1.54, 1.807) is 4.90 Å². The molecule has 0 radical (unpaired) electrons. The highest BCUT2D eigenvalue weighted by Gasteiger charge is 2.27. The fraction of sp³-hybridized carbons (Fsp3) is 0.550. The van der Waals surface area contributed by atoms with Gasteiger partial charge in [-0.2, -0.15) is 4.31 Å². The van der Waals surface area contributed by atoms with Crippen molar-refractivity contribution in [1.29, 1.82) is 0 Å². The van der Waals surface area contributed by atoms with Gasteiger partial charge in [0.1, 0.15) is 6.54 Å². The van der Waals surface area contributed by atoms with Crippen LogP contribution in [-0.2, 0) is 28.4 Å². The molecular weight excluding hydrogens is 408 g/mol. The summed E-state index contributed by atoms with van der Waals surface area (Å²) in [7, 11) is -2.21. The number of sulfonamides is 1. The Hall–Kier alpha value is -2.46. The molecule has 9 nitrogen and oxygen atoms in total. The summed E-state index contributed by atoms with van der Waals surface area (Å²) in [6, 6.07) is 4.25. The minimum atomic E-state index is -3.72. The number of likely N-dealkylation sites (tertiary alicyclic amines) is 1. The van der Waals surface area contributed by atoms with Crippen LogP contribution in [0.15, 0.2) is 32.7 Å². The summed E-state index contributed by atoms with van der Waals surface area (Å²) in [6.45, 7) is 1.83. The number of rotatable bonds is 4. The Morgan fingerprint density at radius 2 is 1.60 bits per heavy atom. The molecule has 3 heterocycles.